The Kier molecular flexibility index (Phi) is 4.77. The molecule has 3 heterocycles. The first-order valence-electron chi connectivity index (χ1n) is 7.27. The monoisotopic (exact) mass is 379 g/mol. The van der Waals surface area contributed by atoms with Crippen LogP contribution in [0.25, 0.3) is 0 Å². The van der Waals surface area contributed by atoms with Gasteiger partial charge >= 0.3 is 11.9 Å². The number of aromatic nitrogens is 2. The molecule has 9 nitrogen and oxygen atoms in total. The fraction of sp³-hybridized carbons (Fsp3) is 0.357. The number of fused-ring (bicyclic) bond motifs is 1. The molecule has 0 saturated carbocycles. The number of aryl methyl sites for hydroxylation is 1. The quantitative estimate of drug-likeness (QED) is 0.773. The Balaban J connectivity index is 1.71. The summed E-state index contributed by atoms with van der Waals surface area (Å²) in [5.74, 6) is -0.782. The van der Waals surface area contributed by atoms with Crippen LogP contribution in [0.5, 0.6) is 0 Å². The molecule has 0 saturated heterocycles. The van der Waals surface area contributed by atoms with Gasteiger partial charge in [-0.3, -0.25) is 14.9 Å². The minimum Gasteiger partial charge on any atom is -0.300 e. The van der Waals surface area contributed by atoms with E-state index in [1.54, 1.807) is 20.0 Å². The third kappa shape index (κ3) is 3.37. The summed E-state index contributed by atoms with van der Waals surface area (Å²) in [5, 5.41) is 11.5. The second-order valence-electron chi connectivity index (χ2n) is 5.34. The number of hydrogen-bond donors (Lipinski definition) is 1. The van der Waals surface area contributed by atoms with Gasteiger partial charge in [0.05, 0.1) is 19.8 Å². The number of imide groups is 1. The zero-order valence-corrected chi connectivity index (χ0v) is 15.3. The number of dihydropyridines is 1. The highest BCUT2D eigenvalue weighted by molar-refractivity contribution is 8.03. The van der Waals surface area contributed by atoms with Crippen molar-refractivity contribution in [3.8, 4) is 0 Å². The van der Waals surface area contributed by atoms with Crippen LogP contribution < -0.4 is 5.32 Å². The average Bonchev–Trinajstić information content (AvgIpc) is 3.00. The van der Waals surface area contributed by atoms with E-state index in [-0.39, 0.29) is 17.6 Å². The van der Waals surface area contributed by atoms with Crippen LogP contribution in [-0.4, -0.2) is 69.4 Å². The molecule has 2 aliphatic rings. The molecule has 0 radical (unpaired) electrons. The van der Waals surface area contributed by atoms with E-state index in [4.69, 9.17) is 0 Å². The first-order chi connectivity index (χ1) is 11.9. The number of rotatable bonds is 4. The minimum absolute atomic E-state index is 0.108. The van der Waals surface area contributed by atoms with Gasteiger partial charge in [0.25, 0.3) is 5.84 Å². The van der Waals surface area contributed by atoms with Gasteiger partial charge in [-0.1, -0.05) is 11.3 Å². The number of carbonyl (C=O) groups is 3. The largest absolute Gasteiger partial charge is 0.445 e. The van der Waals surface area contributed by atoms with E-state index in [9.17, 15) is 14.4 Å². The second-order valence-corrected chi connectivity index (χ2v) is 7.57. The Hall–Kier alpha value is -2.40. The number of carbonyl (C=O) groups excluding carboxylic acids is 3. The van der Waals surface area contributed by atoms with Crippen molar-refractivity contribution in [3.63, 3.8) is 0 Å². The molecule has 11 heteroatoms. The molecule has 130 valence electrons. The average molecular weight is 379 g/mol. The topological polar surface area (TPSA) is 108 Å². The van der Waals surface area contributed by atoms with E-state index >= 15 is 0 Å². The molecular weight excluding hydrogens is 364 g/mol. The van der Waals surface area contributed by atoms with Crippen molar-refractivity contribution in [3.05, 3.63) is 16.0 Å². The maximum absolute atomic E-state index is 12.5. The lowest BCUT2D eigenvalue weighted by Crippen LogP contribution is -2.52. The molecule has 3 rings (SSSR count). The zero-order chi connectivity index (χ0) is 18.1. The fourth-order valence-corrected chi connectivity index (χ4v) is 3.90. The van der Waals surface area contributed by atoms with Crippen molar-refractivity contribution in [1.82, 2.24) is 15.1 Å². The second kappa shape index (κ2) is 6.84. The number of nitrogens with zero attached hydrogens (tertiary/aromatic N) is 5. The van der Waals surface area contributed by atoms with E-state index < -0.39 is 11.9 Å². The van der Waals surface area contributed by atoms with Crippen LogP contribution in [0.1, 0.15) is 5.01 Å². The third-order valence-corrected chi connectivity index (χ3v) is 5.49. The lowest BCUT2D eigenvalue weighted by Gasteiger charge is -2.26. The summed E-state index contributed by atoms with van der Waals surface area (Å²) in [6.07, 6.45) is 3.22. The van der Waals surface area contributed by atoms with E-state index in [1.807, 2.05) is 0 Å². The third-order valence-electron chi connectivity index (χ3n) is 3.63. The van der Waals surface area contributed by atoms with Gasteiger partial charge in [0.2, 0.25) is 11.0 Å². The van der Waals surface area contributed by atoms with Gasteiger partial charge in [-0.05, 0) is 13.0 Å². The van der Waals surface area contributed by atoms with Gasteiger partial charge in [-0.2, -0.15) is 9.48 Å². The highest BCUT2D eigenvalue weighted by Crippen LogP contribution is 2.31. The number of nitrogens with one attached hydrogen (secondary N) is 1. The molecule has 2 aliphatic heterocycles. The summed E-state index contributed by atoms with van der Waals surface area (Å²) in [5.41, 5.74) is 0. The molecule has 1 unspecified atom stereocenters. The van der Waals surface area contributed by atoms with E-state index in [1.165, 1.54) is 40.9 Å². The predicted molar refractivity (Wildman–Crippen MR) is 95.2 cm³/mol. The number of allylic oxidation sites excluding steroid dienone is 1. The molecule has 1 N–H and O–H groups in total. The minimum atomic E-state index is -0.667. The van der Waals surface area contributed by atoms with Crippen LogP contribution in [0.15, 0.2) is 16.0 Å². The highest BCUT2D eigenvalue weighted by Gasteiger charge is 2.47. The van der Waals surface area contributed by atoms with Crippen LogP contribution in [0.2, 0.25) is 0 Å². The van der Waals surface area contributed by atoms with Gasteiger partial charge in [-0.15, -0.1) is 27.0 Å². The first kappa shape index (κ1) is 17.4. The molecular formula is C14H15N6O3S2+. The maximum Gasteiger partial charge on any atom is 0.445 e. The van der Waals surface area contributed by atoms with E-state index in [2.05, 4.69) is 20.5 Å². The number of amides is 4. The standard InChI is InChI=1S/C14H14N6O3S2/c1-7-17-18-13(25-7)16-9(21)6-24-8-4-5-15-11-10(8)12(22)20(3)14(23)19(11)2/h4-5,10H,6H2,1-3H3/p+1. The van der Waals surface area contributed by atoms with Crippen LogP contribution in [0.3, 0.4) is 0 Å². The summed E-state index contributed by atoms with van der Waals surface area (Å²) in [6, 6.07) is -0.427. The fourth-order valence-electron chi connectivity index (χ4n) is 2.39. The van der Waals surface area contributed by atoms with Crippen molar-refractivity contribution in [2.24, 2.45) is 10.9 Å². The molecule has 0 aliphatic carbocycles. The first-order valence-corrected chi connectivity index (χ1v) is 9.07. The number of thioether (sulfide) groups is 1. The van der Waals surface area contributed by atoms with Gasteiger partial charge < -0.3 is 0 Å². The molecule has 25 heavy (non-hydrogen) atoms. The Morgan fingerprint density at radius 1 is 1.44 bits per heavy atom. The number of anilines is 1. The lowest BCUT2D eigenvalue weighted by molar-refractivity contribution is -0.407. The van der Waals surface area contributed by atoms with Crippen molar-refractivity contribution in [1.29, 1.82) is 0 Å². The normalized spacial score (nSPS) is 19.9. The smallest absolute Gasteiger partial charge is 0.300 e. The summed E-state index contributed by atoms with van der Waals surface area (Å²) in [6.45, 7) is 1.80. The van der Waals surface area contributed by atoms with Crippen LogP contribution >= 0.6 is 23.1 Å². The molecule has 0 spiro atoms. The number of amidine groups is 1. The lowest BCUT2D eigenvalue weighted by atomic mass is 10.0. The van der Waals surface area contributed by atoms with E-state index in [0.717, 1.165) is 9.91 Å². The van der Waals surface area contributed by atoms with Gasteiger partial charge in [0, 0.05) is 4.91 Å². The van der Waals surface area contributed by atoms with Crippen molar-refractivity contribution < 1.29 is 19.0 Å². The summed E-state index contributed by atoms with van der Waals surface area (Å²) in [4.78, 5) is 42.4. The van der Waals surface area contributed by atoms with Crippen molar-refractivity contribution >= 4 is 58.1 Å². The number of urea groups is 1. The number of hydrogen-bond acceptors (Lipinski definition) is 8. The summed E-state index contributed by atoms with van der Waals surface area (Å²) >= 11 is 2.52. The summed E-state index contributed by atoms with van der Waals surface area (Å²) < 4.78 is 1.35. The maximum atomic E-state index is 12.5. The highest BCUT2D eigenvalue weighted by atomic mass is 32.2. The zero-order valence-electron chi connectivity index (χ0n) is 13.7. The van der Waals surface area contributed by atoms with Crippen molar-refractivity contribution in [2.45, 2.75) is 6.92 Å². The molecule has 0 fully saturated rings. The molecule has 1 atom stereocenters. The molecule has 4 amide bonds. The SMILES string of the molecule is Cc1nnc(NC(=O)CSC2=CC=NC3=[N+](C)C(=O)N(C)C(=O)C23)s1. The van der Waals surface area contributed by atoms with Crippen LogP contribution in [-0.2, 0) is 9.59 Å². The molecule has 1 aromatic rings. The molecule has 1 aromatic heterocycles. The summed E-state index contributed by atoms with van der Waals surface area (Å²) in [7, 11) is 3.01. The number of aliphatic imine (C=N–C) groups is 1. The van der Waals surface area contributed by atoms with Crippen LogP contribution in [0.4, 0.5) is 9.93 Å². The van der Waals surface area contributed by atoms with Gasteiger partial charge in [0.15, 0.2) is 5.92 Å². The Labute approximate surface area is 151 Å². The van der Waals surface area contributed by atoms with Gasteiger partial charge in [-0.25, -0.2) is 4.79 Å². The van der Waals surface area contributed by atoms with Crippen LogP contribution in [0, 0.1) is 12.8 Å². The molecule has 0 aromatic carbocycles. The van der Waals surface area contributed by atoms with E-state index in [0.29, 0.717) is 15.9 Å². The van der Waals surface area contributed by atoms with Crippen molar-refractivity contribution in [2.75, 3.05) is 25.2 Å². The Morgan fingerprint density at radius 3 is 2.88 bits per heavy atom. The Morgan fingerprint density at radius 2 is 2.20 bits per heavy atom. The van der Waals surface area contributed by atoms with Gasteiger partial charge in [0.1, 0.15) is 11.2 Å². The molecule has 0 bridgehead atoms. The predicted octanol–water partition coefficient (Wildman–Crippen LogP) is 0.736. The Bertz CT molecular complexity index is 857.